The Morgan fingerprint density at radius 1 is 1.04 bits per heavy atom. The number of rotatable bonds is 14. The molecular formula is C40H51FN2O14. The van der Waals surface area contributed by atoms with Crippen molar-refractivity contribution >= 4 is 29.6 Å². The molecule has 4 fully saturated rings. The van der Waals surface area contributed by atoms with Crippen molar-refractivity contribution in [1.29, 1.82) is 0 Å². The molecule has 5 aliphatic rings. The smallest absolute Gasteiger partial charge is 0.464 e. The molecule has 4 N–H and O–H groups in total. The monoisotopic (exact) mass is 802 g/mol. The van der Waals surface area contributed by atoms with Gasteiger partial charge in [0.25, 0.3) is 0 Å². The maximum Gasteiger partial charge on any atom is 0.514 e. The summed E-state index contributed by atoms with van der Waals surface area (Å²) in [7, 11) is 0. The van der Waals surface area contributed by atoms with E-state index in [2.05, 4.69) is 10.2 Å². The van der Waals surface area contributed by atoms with Crippen molar-refractivity contribution in [2.45, 2.75) is 109 Å². The molecule has 3 saturated carbocycles. The van der Waals surface area contributed by atoms with Crippen LogP contribution < -0.4 is 10.1 Å². The second kappa shape index (κ2) is 16.3. The third kappa shape index (κ3) is 8.28. The van der Waals surface area contributed by atoms with E-state index < -0.39 is 88.4 Å². The number of hydrogen-bond acceptors (Lipinski definition) is 15. The summed E-state index contributed by atoms with van der Waals surface area (Å²) in [6.45, 7) is 7.61. The maximum absolute atomic E-state index is 15.9. The zero-order valence-corrected chi connectivity index (χ0v) is 32.6. The molecule has 1 aromatic carbocycles. The predicted octanol–water partition coefficient (Wildman–Crippen LogP) is 3.88. The lowest BCUT2D eigenvalue weighted by molar-refractivity contribution is -0.492. The molecule has 1 heterocycles. The molecule has 312 valence electrons. The number of aliphatic hydroxyl groups excluding tert-OH is 1. The second-order valence-electron chi connectivity index (χ2n) is 16.5. The molecule has 6 rings (SSSR count). The Balaban J connectivity index is 1.09. The van der Waals surface area contributed by atoms with Crippen LogP contribution in [0.5, 0.6) is 5.75 Å². The molecule has 1 aliphatic heterocycles. The number of ether oxygens (including phenoxy) is 5. The number of aliphatic hydroxyl groups is 1. The zero-order valence-electron chi connectivity index (χ0n) is 32.6. The largest absolute Gasteiger partial charge is 0.514 e. The van der Waals surface area contributed by atoms with Gasteiger partial charge in [0.1, 0.15) is 18.0 Å². The van der Waals surface area contributed by atoms with E-state index in [1.165, 1.54) is 31.2 Å². The SMILES string of the molecule is CC(=O)NC(Cc1ccc(OC(=O)OCC(=O)[C@@]23OC(C)(C)O[C@@H]2C[C@H]2[C@@H]4C[C@H](F)C5=CC(=O)C=C[C@]5(C)[C@H]4[C@@H](O)C[C@@]23C)cc1)C(=O)OCCCCON(O)O. The molecule has 1 amide bonds. The highest BCUT2D eigenvalue weighted by molar-refractivity contribution is 6.01. The summed E-state index contributed by atoms with van der Waals surface area (Å²) in [6, 6.07) is 5.04. The number of benzene rings is 1. The van der Waals surface area contributed by atoms with Crippen molar-refractivity contribution in [1.82, 2.24) is 10.7 Å². The van der Waals surface area contributed by atoms with Gasteiger partial charge in [-0.1, -0.05) is 32.1 Å². The third-order valence-corrected chi connectivity index (χ3v) is 12.4. The summed E-state index contributed by atoms with van der Waals surface area (Å²) in [5.74, 6) is -4.18. The minimum atomic E-state index is -1.63. The fourth-order valence-electron chi connectivity index (χ4n) is 10.3. The lowest BCUT2D eigenvalue weighted by Gasteiger charge is -2.60. The van der Waals surface area contributed by atoms with Gasteiger partial charge >= 0.3 is 12.1 Å². The fourth-order valence-corrected chi connectivity index (χ4v) is 10.3. The molecule has 0 aromatic heterocycles. The maximum atomic E-state index is 15.9. The first kappa shape index (κ1) is 42.5. The summed E-state index contributed by atoms with van der Waals surface area (Å²) < 4.78 is 44.7. The molecule has 17 heteroatoms. The Morgan fingerprint density at radius 3 is 2.42 bits per heavy atom. The van der Waals surface area contributed by atoms with E-state index in [1.807, 2.05) is 13.8 Å². The van der Waals surface area contributed by atoms with Gasteiger partial charge in [-0.25, -0.2) is 14.0 Å². The van der Waals surface area contributed by atoms with Gasteiger partial charge in [-0.2, -0.15) is 0 Å². The van der Waals surface area contributed by atoms with Crippen molar-refractivity contribution in [3.05, 3.63) is 53.6 Å². The van der Waals surface area contributed by atoms with Crippen molar-refractivity contribution in [2.75, 3.05) is 19.8 Å². The molecular weight excluding hydrogens is 751 g/mol. The Bertz CT molecular complexity index is 1800. The van der Waals surface area contributed by atoms with E-state index in [0.717, 1.165) is 0 Å². The molecule has 4 aliphatic carbocycles. The number of halogens is 1. The normalized spacial score (nSPS) is 33.9. The van der Waals surface area contributed by atoms with E-state index in [4.69, 9.17) is 34.1 Å². The number of ketones is 2. The molecule has 1 saturated heterocycles. The third-order valence-electron chi connectivity index (χ3n) is 12.4. The first-order valence-electron chi connectivity index (χ1n) is 19.2. The summed E-state index contributed by atoms with van der Waals surface area (Å²) in [4.78, 5) is 68.5. The number of amides is 1. The quantitative estimate of drug-likeness (QED) is 0.0909. The van der Waals surface area contributed by atoms with Crippen LogP contribution in [0.15, 0.2) is 48.1 Å². The van der Waals surface area contributed by atoms with E-state index >= 15 is 4.39 Å². The van der Waals surface area contributed by atoms with Gasteiger partial charge in [0.2, 0.25) is 11.7 Å². The first-order chi connectivity index (χ1) is 26.8. The highest BCUT2D eigenvalue weighted by Gasteiger charge is 2.77. The Kier molecular flexibility index (Phi) is 12.1. The molecule has 1 aromatic rings. The number of nitrogens with zero attached hydrogens (tertiary/aromatic N) is 1. The van der Waals surface area contributed by atoms with Gasteiger partial charge in [0.15, 0.2) is 23.8 Å². The molecule has 1 unspecified atom stereocenters. The number of Topliss-reactive ketones (excluding diaryl/α,β-unsaturated/α-hetero) is 1. The number of unbranched alkanes of at least 4 members (excludes halogenated alkanes) is 1. The van der Waals surface area contributed by atoms with Crippen molar-refractivity contribution in [2.24, 2.45) is 28.6 Å². The predicted molar refractivity (Wildman–Crippen MR) is 193 cm³/mol. The van der Waals surface area contributed by atoms with Gasteiger partial charge in [0.05, 0.1) is 30.8 Å². The van der Waals surface area contributed by atoms with E-state index in [0.29, 0.717) is 30.4 Å². The number of carbonyl (C=O) groups excluding carboxylic acids is 5. The van der Waals surface area contributed by atoms with E-state index in [1.54, 1.807) is 32.1 Å². The van der Waals surface area contributed by atoms with Crippen molar-refractivity contribution in [3.8, 4) is 5.75 Å². The van der Waals surface area contributed by atoms with Crippen LogP contribution in [-0.2, 0) is 49.4 Å². The van der Waals surface area contributed by atoms with Gasteiger partial charge in [-0.3, -0.25) is 29.6 Å². The minimum Gasteiger partial charge on any atom is -0.464 e. The number of nitrogens with one attached hydrogen (secondary N) is 1. The molecule has 16 nitrogen and oxygen atoms in total. The van der Waals surface area contributed by atoms with Crippen LogP contribution in [0.3, 0.4) is 0 Å². The summed E-state index contributed by atoms with van der Waals surface area (Å²) >= 11 is 0. The van der Waals surface area contributed by atoms with E-state index in [-0.39, 0.29) is 55.8 Å². The Morgan fingerprint density at radius 2 is 1.74 bits per heavy atom. The summed E-state index contributed by atoms with van der Waals surface area (Å²) in [5.41, 5.74) is -2.58. The van der Waals surface area contributed by atoms with Crippen molar-refractivity contribution < 1.29 is 72.4 Å². The van der Waals surface area contributed by atoms with Crippen LogP contribution in [0, 0.1) is 28.6 Å². The average molecular weight is 803 g/mol. The van der Waals surface area contributed by atoms with Crippen LogP contribution in [0.4, 0.5) is 9.18 Å². The number of carbonyl (C=O) groups is 5. The first-order valence-corrected chi connectivity index (χ1v) is 19.2. The topological polar surface area (TPSA) is 217 Å². The summed E-state index contributed by atoms with van der Waals surface area (Å²) in [5, 5.41) is 31.1. The van der Waals surface area contributed by atoms with Crippen LogP contribution in [0.2, 0.25) is 0 Å². The number of allylic oxidation sites excluding steroid dienone is 4. The lowest BCUT2D eigenvalue weighted by Crippen LogP contribution is -2.64. The summed E-state index contributed by atoms with van der Waals surface area (Å²) in [6.07, 6.45) is 1.49. The zero-order chi connectivity index (χ0) is 41.5. The van der Waals surface area contributed by atoms with Crippen LogP contribution in [0.25, 0.3) is 0 Å². The van der Waals surface area contributed by atoms with Crippen LogP contribution in [0.1, 0.15) is 72.3 Å². The molecule has 0 radical (unpaired) electrons. The van der Waals surface area contributed by atoms with Gasteiger partial charge in [-0.05, 0) is 93.2 Å². The molecule has 57 heavy (non-hydrogen) atoms. The number of fused-ring (bicyclic) bond motifs is 7. The van der Waals surface area contributed by atoms with Crippen molar-refractivity contribution in [3.63, 3.8) is 0 Å². The molecule has 0 spiro atoms. The van der Waals surface area contributed by atoms with Gasteiger partial charge < -0.3 is 34.1 Å². The molecule has 0 bridgehead atoms. The fraction of sp³-hybridized carbons (Fsp3) is 0.625. The number of esters is 1. The van der Waals surface area contributed by atoms with E-state index in [9.17, 15) is 29.1 Å². The number of alkyl halides is 1. The number of hydrogen-bond donors (Lipinski definition) is 4. The van der Waals surface area contributed by atoms with Gasteiger partial charge in [0, 0.05) is 30.1 Å². The van der Waals surface area contributed by atoms with Crippen LogP contribution >= 0.6 is 0 Å². The second-order valence-corrected chi connectivity index (χ2v) is 16.5. The highest BCUT2D eigenvalue weighted by Crippen LogP contribution is 2.70. The Hall–Kier alpha value is -4.10. The lowest BCUT2D eigenvalue weighted by atomic mass is 9.46. The highest BCUT2D eigenvalue weighted by atomic mass is 19.1. The average Bonchev–Trinajstić information content (AvgIpc) is 3.54. The standard InChI is InChI=1S/C40H51FN2O14/c1-22(44)42-30(35(48)52-14-6-7-15-54-43(50)51)16-23-8-10-25(11-9-23)55-36(49)53-21-32(47)40-33(56-37(2,3)57-40)19-27-26-18-29(41)28-17-24(45)12-13-38(28,4)34(26)31(46)20-39(27,40)5/h8-13,17,26-27,29-31,33-34,46,50-51H,6-7,14-16,18-21H2,1-5H3,(H,42,44)/t26-,27-,29-,30?,31-,33+,34+,38-,39-,40+/m0/s1. The van der Waals surface area contributed by atoms with Crippen LogP contribution in [-0.4, -0.2) is 106 Å². The molecule has 10 atom stereocenters. The van der Waals surface area contributed by atoms with Gasteiger partial charge in [-0.15, -0.1) is 0 Å². The Labute approximate surface area is 329 Å². The minimum absolute atomic E-state index is 0.00741.